The van der Waals surface area contributed by atoms with Crippen molar-refractivity contribution in [1.82, 2.24) is 0 Å². The Kier molecular flexibility index (Phi) is 12.8. The molecular formula is C12H30O3PSi2+. The summed E-state index contributed by atoms with van der Waals surface area (Å²) in [5, 5.41) is 0. The molecule has 6 heteroatoms. The molecule has 0 aromatic heterocycles. The Balaban J connectivity index is 4.09. The minimum absolute atomic E-state index is 1.12. The van der Waals surface area contributed by atoms with E-state index in [1.807, 2.05) is 0 Å². The van der Waals surface area contributed by atoms with Gasteiger partial charge in [0.1, 0.15) is 0 Å². The lowest BCUT2D eigenvalue weighted by molar-refractivity contribution is 0.416. The molecule has 18 heavy (non-hydrogen) atoms. The fourth-order valence-corrected chi connectivity index (χ4v) is 9.49. The summed E-state index contributed by atoms with van der Waals surface area (Å²) in [4.78, 5) is 0. The van der Waals surface area contributed by atoms with Gasteiger partial charge in [-0.2, -0.15) is 8.43 Å². The van der Waals surface area contributed by atoms with Crippen LogP contribution < -0.4 is 0 Å². The van der Waals surface area contributed by atoms with Crippen molar-refractivity contribution in [3.63, 3.8) is 0 Å². The SMILES string of the molecule is CCC[SiH](CCC)O[P+](=O)O[SiH](CCC)CCC. The molecule has 0 N–H and O–H groups in total. The fourth-order valence-electron chi connectivity index (χ4n) is 2.06. The summed E-state index contributed by atoms with van der Waals surface area (Å²) in [6.07, 6.45) is 4.52. The highest BCUT2D eigenvalue weighted by atomic mass is 31.1. The van der Waals surface area contributed by atoms with Gasteiger partial charge in [0.25, 0.3) is 18.1 Å². The largest absolute Gasteiger partial charge is 0.672 e. The lowest BCUT2D eigenvalue weighted by Crippen LogP contribution is -2.17. The van der Waals surface area contributed by atoms with Gasteiger partial charge in [0.15, 0.2) is 0 Å². The number of hydrogen-bond acceptors (Lipinski definition) is 3. The Hall–Kier alpha value is 0.454. The van der Waals surface area contributed by atoms with E-state index in [9.17, 15) is 4.57 Å². The Morgan fingerprint density at radius 1 is 0.722 bits per heavy atom. The first-order chi connectivity index (χ1) is 8.67. The van der Waals surface area contributed by atoms with Crippen molar-refractivity contribution < 1.29 is 13.0 Å². The highest BCUT2D eigenvalue weighted by Crippen LogP contribution is 2.31. The topological polar surface area (TPSA) is 35.5 Å². The average Bonchev–Trinajstić information content (AvgIpc) is 2.30. The van der Waals surface area contributed by atoms with Crippen molar-refractivity contribution in [3.8, 4) is 0 Å². The molecule has 0 heterocycles. The third-order valence-electron chi connectivity index (χ3n) is 2.91. The molecule has 0 rings (SSSR count). The second kappa shape index (κ2) is 12.5. The Morgan fingerprint density at radius 2 is 1.00 bits per heavy atom. The molecule has 0 aliphatic carbocycles. The van der Waals surface area contributed by atoms with E-state index in [0.717, 1.165) is 49.9 Å². The summed E-state index contributed by atoms with van der Waals surface area (Å²) in [6.45, 7) is 8.66. The molecule has 0 saturated carbocycles. The molecule has 0 unspecified atom stereocenters. The molecule has 0 aliphatic heterocycles. The monoisotopic (exact) mass is 309 g/mol. The van der Waals surface area contributed by atoms with E-state index in [1.54, 1.807) is 0 Å². The standard InChI is InChI=1S/C12H30O3PSi2/c1-5-9-17(10-6-2)14-16(13)15-18(11-7-3)12-8-4/h17-18H,5-12H2,1-4H3/q+1. The molecule has 108 valence electrons. The molecule has 0 spiro atoms. The van der Waals surface area contributed by atoms with Crippen molar-refractivity contribution in [3.05, 3.63) is 0 Å². The maximum Gasteiger partial charge on any atom is 0.672 e. The minimum Gasteiger partial charge on any atom is -0.180 e. The van der Waals surface area contributed by atoms with Crippen LogP contribution in [0.3, 0.4) is 0 Å². The molecule has 0 radical (unpaired) electrons. The zero-order valence-corrected chi connectivity index (χ0v) is 15.7. The lowest BCUT2D eigenvalue weighted by Gasteiger charge is -2.08. The van der Waals surface area contributed by atoms with E-state index in [0.29, 0.717) is 0 Å². The molecular weight excluding hydrogens is 279 g/mol. The Bertz CT molecular complexity index is 185. The number of rotatable bonds is 12. The summed E-state index contributed by atoms with van der Waals surface area (Å²) in [5.74, 6) is 0. The van der Waals surface area contributed by atoms with Gasteiger partial charge in [-0.05, 0) is 24.2 Å². The van der Waals surface area contributed by atoms with Gasteiger partial charge in [0, 0.05) is 4.57 Å². The molecule has 0 bridgehead atoms. The van der Waals surface area contributed by atoms with Crippen LogP contribution in [0.2, 0.25) is 24.2 Å². The molecule has 0 aromatic rings. The van der Waals surface area contributed by atoms with E-state index in [-0.39, 0.29) is 0 Å². The first kappa shape index (κ1) is 18.5. The molecule has 0 atom stereocenters. The summed E-state index contributed by atoms with van der Waals surface area (Å²) in [5.41, 5.74) is 0. The normalized spacial score (nSPS) is 11.4. The third-order valence-corrected chi connectivity index (χ3v) is 11.6. The second-order valence-electron chi connectivity index (χ2n) is 4.83. The molecule has 0 aromatic carbocycles. The van der Waals surface area contributed by atoms with Crippen molar-refractivity contribution in [2.45, 2.75) is 77.6 Å². The van der Waals surface area contributed by atoms with Gasteiger partial charge in [0.2, 0.25) is 0 Å². The number of hydrogen-bond donors (Lipinski definition) is 0. The van der Waals surface area contributed by atoms with Crippen molar-refractivity contribution in [2.75, 3.05) is 0 Å². The van der Waals surface area contributed by atoms with Crippen LogP contribution in [0.4, 0.5) is 0 Å². The van der Waals surface area contributed by atoms with Crippen molar-refractivity contribution in [2.24, 2.45) is 0 Å². The highest BCUT2D eigenvalue weighted by molar-refractivity contribution is 7.37. The van der Waals surface area contributed by atoms with Crippen LogP contribution in [0.1, 0.15) is 53.4 Å². The molecule has 0 saturated heterocycles. The van der Waals surface area contributed by atoms with Gasteiger partial charge < -0.3 is 0 Å². The van der Waals surface area contributed by atoms with E-state index < -0.39 is 26.3 Å². The van der Waals surface area contributed by atoms with Crippen LogP contribution in [-0.2, 0) is 13.0 Å². The van der Waals surface area contributed by atoms with Crippen LogP contribution in [0, 0.1) is 0 Å². The quantitative estimate of drug-likeness (QED) is 0.385. The average molecular weight is 310 g/mol. The first-order valence-corrected chi connectivity index (χ1v) is 12.8. The van der Waals surface area contributed by atoms with Crippen molar-refractivity contribution >= 4 is 26.3 Å². The fraction of sp³-hybridized carbons (Fsp3) is 1.00. The van der Waals surface area contributed by atoms with Gasteiger partial charge in [-0.15, -0.1) is 0 Å². The predicted octanol–water partition coefficient (Wildman–Crippen LogP) is 4.76. The van der Waals surface area contributed by atoms with Crippen LogP contribution in [0.5, 0.6) is 0 Å². The Morgan fingerprint density at radius 3 is 1.22 bits per heavy atom. The predicted molar refractivity (Wildman–Crippen MR) is 84.5 cm³/mol. The zero-order valence-electron chi connectivity index (χ0n) is 12.5. The highest BCUT2D eigenvalue weighted by Gasteiger charge is 2.31. The van der Waals surface area contributed by atoms with Gasteiger partial charge in [-0.3, -0.25) is 0 Å². The van der Waals surface area contributed by atoms with Crippen LogP contribution in [0.25, 0.3) is 0 Å². The van der Waals surface area contributed by atoms with Gasteiger partial charge in [-0.1, -0.05) is 53.4 Å². The van der Waals surface area contributed by atoms with Crippen molar-refractivity contribution in [1.29, 1.82) is 0 Å². The van der Waals surface area contributed by atoms with E-state index in [4.69, 9.17) is 8.43 Å². The minimum atomic E-state index is -1.83. The Labute approximate surface area is 117 Å². The molecule has 3 nitrogen and oxygen atoms in total. The summed E-state index contributed by atoms with van der Waals surface area (Å²) >= 11 is 0. The smallest absolute Gasteiger partial charge is 0.180 e. The van der Waals surface area contributed by atoms with E-state index >= 15 is 0 Å². The molecule has 0 fully saturated rings. The van der Waals surface area contributed by atoms with Crippen LogP contribution in [-0.4, -0.2) is 18.1 Å². The molecule has 0 amide bonds. The lowest BCUT2D eigenvalue weighted by atomic mass is 10.6. The van der Waals surface area contributed by atoms with Crippen LogP contribution in [0.15, 0.2) is 0 Å². The second-order valence-corrected chi connectivity index (χ2v) is 11.8. The maximum atomic E-state index is 11.9. The van der Waals surface area contributed by atoms with Gasteiger partial charge in [-0.25, -0.2) is 0 Å². The first-order valence-electron chi connectivity index (χ1n) is 7.48. The van der Waals surface area contributed by atoms with Crippen LogP contribution >= 0.6 is 8.25 Å². The summed E-state index contributed by atoms with van der Waals surface area (Å²) in [6, 6.07) is 4.47. The summed E-state index contributed by atoms with van der Waals surface area (Å²) in [7, 11) is -4.39. The zero-order chi connectivity index (χ0) is 13.8. The van der Waals surface area contributed by atoms with Gasteiger partial charge >= 0.3 is 8.25 Å². The summed E-state index contributed by atoms with van der Waals surface area (Å²) < 4.78 is 23.4. The maximum absolute atomic E-state index is 11.9. The molecule has 0 aliphatic rings. The van der Waals surface area contributed by atoms with E-state index in [1.165, 1.54) is 0 Å². The van der Waals surface area contributed by atoms with E-state index in [2.05, 4.69) is 27.7 Å². The third kappa shape index (κ3) is 9.39. The van der Waals surface area contributed by atoms with Gasteiger partial charge in [0.05, 0.1) is 0 Å².